The summed E-state index contributed by atoms with van der Waals surface area (Å²) in [5.41, 5.74) is -0.0980. The molecule has 0 amide bonds. The average molecular weight is 289 g/mol. The fraction of sp³-hybridized carbons (Fsp3) is 0.0909. The van der Waals surface area contributed by atoms with Gasteiger partial charge >= 0.3 is 6.61 Å². The van der Waals surface area contributed by atoms with E-state index < -0.39 is 16.6 Å². The van der Waals surface area contributed by atoms with E-state index in [1.165, 1.54) is 42.7 Å². The van der Waals surface area contributed by atoms with Crippen LogP contribution in [0.25, 0.3) is 0 Å². The molecule has 0 aliphatic heterocycles. The fourth-order valence-electron chi connectivity index (χ4n) is 1.36. The quantitative estimate of drug-likeness (QED) is 0.918. The molecule has 0 aliphatic rings. The highest BCUT2D eigenvalue weighted by Crippen LogP contribution is 2.27. The lowest BCUT2D eigenvalue weighted by atomic mass is 10.3. The molecule has 2 rings (SSSR count). The lowest BCUT2D eigenvalue weighted by molar-refractivity contribution is -0.0493. The number of nitrogens with one attached hydrogen (secondary N) is 1. The Labute approximate surface area is 107 Å². The number of furan rings is 1. The van der Waals surface area contributed by atoms with Crippen LogP contribution in [0.1, 0.15) is 0 Å². The van der Waals surface area contributed by atoms with Gasteiger partial charge in [0.25, 0.3) is 10.0 Å². The van der Waals surface area contributed by atoms with E-state index in [1.807, 2.05) is 0 Å². The van der Waals surface area contributed by atoms with Gasteiger partial charge in [-0.15, -0.1) is 0 Å². The van der Waals surface area contributed by atoms with E-state index in [9.17, 15) is 17.2 Å². The molecular formula is C11H9F2NO4S. The van der Waals surface area contributed by atoms with E-state index in [0.717, 1.165) is 0 Å². The fourth-order valence-corrected chi connectivity index (χ4v) is 2.36. The van der Waals surface area contributed by atoms with E-state index in [0.29, 0.717) is 0 Å². The zero-order valence-electron chi connectivity index (χ0n) is 9.42. The van der Waals surface area contributed by atoms with Crippen molar-refractivity contribution in [3.8, 4) is 5.75 Å². The summed E-state index contributed by atoms with van der Waals surface area (Å²) >= 11 is 0. The second-order valence-corrected chi connectivity index (χ2v) is 5.03. The van der Waals surface area contributed by atoms with Crippen molar-refractivity contribution in [2.24, 2.45) is 0 Å². The molecule has 0 atom stereocenters. The molecule has 0 saturated heterocycles. The minimum atomic E-state index is -3.97. The normalized spacial score (nSPS) is 11.5. The van der Waals surface area contributed by atoms with Crippen LogP contribution >= 0.6 is 0 Å². The number of anilines is 1. The van der Waals surface area contributed by atoms with Gasteiger partial charge in [0, 0.05) is 0 Å². The Hall–Kier alpha value is -2.09. The van der Waals surface area contributed by atoms with Crippen molar-refractivity contribution in [3.63, 3.8) is 0 Å². The molecule has 0 aliphatic carbocycles. The summed E-state index contributed by atoms with van der Waals surface area (Å²) in [4.78, 5) is 0. The van der Waals surface area contributed by atoms with Gasteiger partial charge in [-0.2, -0.15) is 17.2 Å². The lowest BCUT2D eigenvalue weighted by Crippen LogP contribution is -2.14. The van der Waals surface area contributed by atoms with Crippen LogP contribution in [-0.2, 0) is 10.0 Å². The van der Waals surface area contributed by atoms with Crippen molar-refractivity contribution in [2.75, 3.05) is 4.72 Å². The van der Waals surface area contributed by atoms with Crippen molar-refractivity contribution in [2.45, 2.75) is 11.7 Å². The topological polar surface area (TPSA) is 68.5 Å². The third kappa shape index (κ3) is 3.22. The zero-order chi connectivity index (χ0) is 13.9. The van der Waals surface area contributed by atoms with Crippen LogP contribution in [0.2, 0.25) is 0 Å². The van der Waals surface area contributed by atoms with Crippen LogP contribution in [0.4, 0.5) is 14.5 Å². The molecule has 0 saturated carbocycles. The smallest absolute Gasteiger partial charge is 0.387 e. The highest BCUT2D eigenvalue weighted by molar-refractivity contribution is 7.92. The molecular weight excluding hydrogens is 280 g/mol. The Morgan fingerprint density at radius 2 is 1.89 bits per heavy atom. The molecule has 1 aromatic heterocycles. The number of benzene rings is 1. The number of ether oxygens (including phenoxy) is 1. The molecule has 0 radical (unpaired) electrons. The third-order valence-corrected chi connectivity index (χ3v) is 3.36. The molecule has 19 heavy (non-hydrogen) atoms. The standard InChI is InChI=1S/C11H9F2NO4S/c12-11(13)18-9-5-2-1-4-8(9)14-19(15,16)10-6-3-7-17-10/h1-7,11,14H. The molecule has 1 aromatic carbocycles. The Kier molecular flexibility index (Phi) is 3.70. The van der Waals surface area contributed by atoms with Crippen LogP contribution in [0, 0.1) is 0 Å². The summed E-state index contributed by atoms with van der Waals surface area (Å²) in [6.45, 7) is -3.05. The Bertz CT molecular complexity index is 640. The van der Waals surface area contributed by atoms with Gasteiger partial charge in [0.2, 0.25) is 5.09 Å². The zero-order valence-corrected chi connectivity index (χ0v) is 10.2. The number of para-hydroxylation sites is 2. The summed E-state index contributed by atoms with van der Waals surface area (Å²) in [7, 11) is -3.97. The van der Waals surface area contributed by atoms with Crippen LogP contribution in [-0.4, -0.2) is 15.0 Å². The lowest BCUT2D eigenvalue weighted by Gasteiger charge is -2.11. The summed E-state index contributed by atoms with van der Waals surface area (Å²) in [5.74, 6) is -0.271. The first kappa shape index (κ1) is 13.3. The van der Waals surface area contributed by atoms with Crippen LogP contribution in [0.3, 0.4) is 0 Å². The molecule has 0 fully saturated rings. The van der Waals surface area contributed by atoms with E-state index in [-0.39, 0.29) is 16.5 Å². The number of sulfonamides is 1. The van der Waals surface area contributed by atoms with Crippen molar-refractivity contribution in [1.82, 2.24) is 0 Å². The maximum atomic E-state index is 12.2. The molecule has 0 spiro atoms. The Balaban J connectivity index is 2.29. The second kappa shape index (κ2) is 5.27. The van der Waals surface area contributed by atoms with Gasteiger partial charge in [0.05, 0.1) is 12.0 Å². The van der Waals surface area contributed by atoms with Gasteiger partial charge in [-0.05, 0) is 24.3 Å². The first-order valence-electron chi connectivity index (χ1n) is 5.09. The van der Waals surface area contributed by atoms with Gasteiger partial charge in [-0.25, -0.2) is 0 Å². The summed E-state index contributed by atoms with van der Waals surface area (Å²) in [6, 6.07) is 8.10. The van der Waals surface area contributed by atoms with Gasteiger partial charge in [0.1, 0.15) is 5.75 Å². The minimum absolute atomic E-state index is 0.0980. The third-order valence-electron chi connectivity index (χ3n) is 2.11. The number of alkyl halides is 2. The second-order valence-electron chi connectivity index (χ2n) is 3.41. The van der Waals surface area contributed by atoms with Gasteiger partial charge < -0.3 is 9.15 Å². The molecule has 8 heteroatoms. The van der Waals surface area contributed by atoms with Crippen molar-refractivity contribution < 1.29 is 26.4 Å². The van der Waals surface area contributed by atoms with E-state index >= 15 is 0 Å². The summed E-state index contributed by atoms with van der Waals surface area (Å²) < 4.78 is 59.2. The SMILES string of the molecule is O=S(=O)(Nc1ccccc1OC(F)F)c1ccco1. The predicted octanol–water partition coefficient (Wildman–Crippen LogP) is 2.68. The highest BCUT2D eigenvalue weighted by atomic mass is 32.2. The summed E-state index contributed by atoms with van der Waals surface area (Å²) in [6.07, 6.45) is 1.19. The van der Waals surface area contributed by atoms with E-state index in [4.69, 9.17) is 4.42 Å². The first-order chi connectivity index (χ1) is 8.99. The number of rotatable bonds is 5. The van der Waals surface area contributed by atoms with Crippen LogP contribution in [0.15, 0.2) is 52.2 Å². The number of hydrogen-bond donors (Lipinski definition) is 1. The monoisotopic (exact) mass is 289 g/mol. The molecule has 2 aromatic rings. The van der Waals surface area contributed by atoms with E-state index in [2.05, 4.69) is 9.46 Å². The molecule has 1 heterocycles. The highest BCUT2D eigenvalue weighted by Gasteiger charge is 2.19. The van der Waals surface area contributed by atoms with Gasteiger partial charge in [-0.1, -0.05) is 12.1 Å². The maximum absolute atomic E-state index is 12.2. The van der Waals surface area contributed by atoms with Crippen LogP contribution < -0.4 is 9.46 Å². The molecule has 1 N–H and O–H groups in total. The molecule has 0 bridgehead atoms. The first-order valence-corrected chi connectivity index (χ1v) is 6.57. The van der Waals surface area contributed by atoms with Crippen LogP contribution in [0.5, 0.6) is 5.75 Å². The molecule has 102 valence electrons. The minimum Gasteiger partial charge on any atom is -0.451 e. The Morgan fingerprint density at radius 3 is 2.53 bits per heavy atom. The van der Waals surface area contributed by atoms with Gasteiger partial charge in [0.15, 0.2) is 0 Å². The van der Waals surface area contributed by atoms with Gasteiger partial charge in [-0.3, -0.25) is 4.72 Å². The molecule has 0 unspecified atom stereocenters. The largest absolute Gasteiger partial charge is 0.451 e. The molecule has 5 nitrogen and oxygen atoms in total. The number of halogens is 2. The average Bonchev–Trinajstić information content (AvgIpc) is 2.85. The Morgan fingerprint density at radius 1 is 1.16 bits per heavy atom. The van der Waals surface area contributed by atoms with Crippen molar-refractivity contribution in [1.29, 1.82) is 0 Å². The predicted molar refractivity (Wildman–Crippen MR) is 62.6 cm³/mol. The van der Waals surface area contributed by atoms with Crippen molar-refractivity contribution >= 4 is 15.7 Å². The summed E-state index contributed by atoms with van der Waals surface area (Å²) in [5, 5.41) is -0.320. The van der Waals surface area contributed by atoms with Crippen molar-refractivity contribution in [3.05, 3.63) is 42.7 Å². The van der Waals surface area contributed by atoms with E-state index in [1.54, 1.807) is 0 Å². The number of hydrogen-bond acceptors (Lipinski definition) is 4. The maximum Gasteiger partial charge on any atom is 0.387 e.